The second-order valence-corrected chi connectivity index (χ2v) is 6.72. The summed E-state index contributed by atoms with van der Waals surface area (Å²) in [5, 5.41) is 3.04. The van der Waals surface area contributed by atoms with Gasteiger partial charge in [0.15, 0.2) is 0 Å². The third-order valence-electron chi connectivity index (χ3n) is 5.19. The van der Waals surface area contributed by atoms with Gasteiger partial charge in [0.2, 0.25) is 11.8 Å². The zero-order valence-corrected chi connectivity index (χ0v) is 13.6. The summed E-state index contributed by atoms with van der Waals surface area (Å²) in [5.41, 5.74) is 7.25. The summed E-state index contributed by atoms with van der Waals surface area (Å²) in [7, 11) is 0. The topological polar surface area (TPSA) is 75.4 Å². The van der Waals surface area contributed by atoms with E-state index in [0.29, 0.717) is 0 Å². The minimum absolute atomic E-state index is 0.00639. The number of carbonyl (C=O) groups excluding carboxylic acids is 2. The zero-order chi connectivity index (χ0) is 16.4. The summed E-state index contributed by atoms with van der Waals surface area (Å²) in [4.78, 5) is 26.7. The number of piperazine rings is 1. The van der Waals surface area contributed by atoms with Crippen LogP contribution in [0.25, 0.3) is 0 Å². The van der Waals surface area contributed by atoms with Gasteiger partial charge in [0.25, 0.3) is 0 Å². The van der Waals surface area contributed by atoms with Crippen LogP contribution in [0.3, 0.4) is 0 Å². The van der Waals surface area contributed by atoms with Gasteiger partial charge in [-0.15, -0.1) is 0 Å². The van der Waals surface area contributed by atoms with Crippen molar-refractivity contribution in [2.24, 2.45) is 11.7 Å². The van der Waals surface area contributed by atoms with Crippen LogP contribution in [0, 0.1) is 5.92 Å². The van der Waals surface area contributed by atoms with E-state index in [0.717, 1.165) is 31.2 Å². The molecule has 1 aliphatic heterocycles. The van der Waals surface area contributed by atoms with E-state index in [2.05, 4.69) is 5.32 Å². The van der Waals surface area contributed by atoms with Gasteiger partial charge < -0.3 is 16.0 Å². The van der Waals surface area contributed by atoms with Gasteiger partial charge in [-0.25, -0.2) is 0 Å². The summed E-state index contributed by atoms with van der Waals surface area (Å²) in [6, 6.07) is 9.56. The van der Waals surface area contributed by atoms with Crippen molar-refractivity contribution in [3.8, 4) is 0 Å². The molecule has 3 N–H and O–H groups in total. The first kappa shape index (κ1) is 16.0. The van der Waals surface area contributed by atoms with Gasteiger partial charge in [0.05, 0.1) is 18.5 Å². The smallest absolute Gasteiger partial charge is 0.239 e. The maximum atomic E-state index is 13.0. The van der Waals surface area contributed by atoms with Crippen LogP contribution in [-0.4, -0.2) is 35.3 Å². The lowest BCUT2D eigenvalue weighted by atomic mass is 9.86. The van der Waals surface area contributed by atoms with E-state index in [1.807, 2.05) is 37.3 Å². The SMILES string of the molecule is CC(C(=O)N1CC(=O)NC2CCCCC21)C(N)c1ccccc1. The van der Waals surface area contributed by atoms with Crippen molar-refractivity contribution in [3.05, 3.63) is 35.9 Å². The molecule has 2 aliphatic rings. The molecule has 1 saturated heterocycles. The van der Waals surface area contributed by atoms with Crippen LogP contribution in [0.1, 0.15) is 44.2 Å². The van der Waals surface area contributed by atoms with Crippen LogP contribution in [0.2, 0.25) is 0 Å². The number of nitrogens with zero attached hydrogens (tertiary/aromatic N) is 1. The monoisotopic (exact) mass is 315 g/mol. The predicted octanol–water partition coefficient (Wildman–Crippen LogP) is 1.59. The van der Waals surface area contributed by atoms with Crippen LogP contribution >= 0.6 is 0 Å². The van der Waals surface area contributed by atoms with Crippen LogP contribution in [0.5, 0.6) is 0 Å². The number of hydrogen-bond donors (Lipinski definition) is 2. The third-order valence-corrected chi connectivity index (χ3v) is 5.19. The summed E-state index contributed by atoms with van der Waals surface area (Å²) in [6.07, 6.45) is 4.14. The molecule has 4 atom stereocenters. The number of rotatable bonds is 3. The maximum absolute atomic E-state index is 13.0. The average molecular weight is 315 g/mol. The number of carbonyl (C=O) groups is 2. The quantitative estimate of drug-likeness (QED) is 0.889. The van der Waals surface area contributed by atoms with Crippen molar-refractivity contribution in [1.29, 1.82) is 0 Å². The number of hydrogen-bond acceptors (Lipinski definition) is 3. The molecule has 1 saturated carbocycles. The molecule has 0 radical (unpaired) electrons. The summed E-state index contributed by atoms with van der Waals surface area (Å²) < 4.78 is 0. The molecule has 3 rings (SSSR count). The molecule has 0 spiro atoms. The Morgan fingerprint density at radius 2 is 1.96 bits per heavy atom. The molecule has 5 nitrogen and oxygen atoms in total. The van der Waals surface area contributed by atoms with Crippen LogP contribution < -0.4 is 11.1 Å². The largest absolute Gasteiger partial charge is 0.350 e. The third kappa shape index (κ3) is 3.24. The zero-order valence-electron chi connectivity index (χ0n) is 13.6. The summed E-state index contributed by atoms with van der Waals surface area (Å²) in [5.74, 6) is -0.402. The molecule has 23 heavy (non-hydrogen) atoms. The molecule has 0 bridgehead atoms. The van der Waals surface area contributed by atoms with Gasteiger partial charge in [0, 0.05) is 12.1 Å². The van der Waals surface area contributed by atoms with Gasteiger partial charge in [-0.3, -0.25) is 9.59 Å². The van der Waals surface area contributed by atoms with E-state index in [9.17, 15) is 9.59 Å². The Kier molecular flexibility index (Phi) is 4.66. The van der Waals surface area contributed by atoms with Crippen molar-refractivity contribution < 1.29 is 9.59 Å². The second-order valence-electron chi connectivity index (χ2n) is 6.72. The minimum atomic E-state index is -0.351. The Hall–Kier alpha value is -1.88. The molecule has 0 aromatic heterocycles. The van der Waals surface area contributed by atoms with Crippen LogP contribution in [0.15, 0.2) is 30.3 Å². The molecule has 1 aromatic rings. The highest BCUT2D eigenvalue weighted by atomic mass is 16.2. The second kappa shape index (κ2) is 6.71. The number of nitrogens with one attached hydrogen (secondary N) is 1. The van der Waals surface area contributed by atoms with Crippen LogP contribution in [-0.2, 0) is 9.59 Å². The molecule has 5 heteroatoms. The Morgan fingerprint density at radius 3 is 2.70 bits per heavy atom. The summed E-state index contributed by atoms with van der Waals surface area (Å²) in [6.45, 7) is 2.02. The van der Waals surface area contributed by atoms with E-state index < -0.39 is 0 Å². The first-order valence-electron chi connectivity index (χ1n) is 8.48. The van der Waals surface area contributed by atoms with Gasteiger partial charge in [-0.05, 0) is 18.4 Å². The minimum Gasteiger partial charge on any atom is -0.350 e. The Bertz CT molecular complexity index is 575. The lowest BCUT2D eigenvalue weighted by Crippen LogP contribution is -2.64. The van der Waals surface area contributed by atoms with Crippen molar-refractivity contribution in [3.63, 3.8) is 0 Å². The normalized spacial score (nSPS) is 26.9. The molecule has 1 aliphatic carbocycles. The van der Waals surface area contributed by atoms with Gasteiger partial charge >= 0.3 is 0 Å². The van der Waals surface area contributed by atoms with E-state index in [4.69, 9.17) is 5.73 Å². The Morgan fingerprint density at radius 1 is 1.26 bits per heavy atom. The van der Waals surface area contributed by atoms with Gasteiger partial charge in [-0.1, -0.05) is 50.1 Å². The van der Waals surface area contributed by atoms with Crippen LogP contribution in [0.4, 0.5) is 0 Å². The number of fused-ring (bicyclic) bond motifs is 1. The van der Waals surface area contributed by atoms with Crippen molar-refractivity contribution in [2.45, 2.75) is 50.7 Å². The predicted molar refractivity (Wildman–Crippen MR) is 88.4 cm³/mol. The number of benzene rings is 1. The van der Waals surface area contributed by atoms with Gasteiger partial charge in [-0.2, -0.15) is 0 Å². The lowest BCUT2D eigenvalue weighted by molar-refractivity contribution is -0.147. The average Bonchev–Trinajstić information content (AvgIpc) is 2.59. The van der Waals surface area contributed by atoms with Crippen molar-refractivity contribution >= 4 is 11.8 Å². The molecule has 4 unspecified atom stereocenters. The molecular weight excluding hydrogens is 290 g/mol. The Labute approximate surface area is 137 Å². The van der Waals surface area contributed by atoms with Crippen molar-refractivity contribution in [1.82, 2.24) is 10.2 Å². The highest BCUT2D eigenvalue weighted by Gasteiger charge is 2.40. The molecule has 2 fully saturated rings. The van der Waals surface area contributed by atoms with Gasteiger partial charge in [0.1, 0.15) is 0 Å². The summed E-state index contributed by atoms with van der Waals surface area (Å²) >= 11 is 0. The van der Waals surface area contributed by atoms with E-state index in [1.54, 1.807) is 4.90 Å². The standard InChI is InChI=1S/C18H25N3O2/c1-12(17(19)13-7-3-2-4-8-13)18(23)21-11-16(22)20-14-9-5-6-10-15(14)21/h2-4,7-8,12,14-15,17H,5-6,9-11,19H2,1H3,(H,20,22). The number of nitrogens with two attached hydrogens (primary N) is 1. The maximum Gasteiger partial charge on any atom is 0.239 e. The molecule has 1 aromatic carbocycles. The molecular formula is C18H25N3O2. The molecule has 124 valence electrons. The lowest BCUT2D eigenvalue weighted by Gasteiger charge is -2.45. The van der Waals surface area contributed by atoms with E-state index in [1.165, 1.54) is 0 Å². The fraction of sp³-hybridized carbons (Fsp3) is 0.556. The highest BCUT2D eigenvalue weighted by Crippen LogP contribution is 2.29. The van der Waals surface area contributed by atoms with E-state index >= 15 is 0 Å². The highest BCUT2D eigenvalue weighted by molar-refractivity contribution is 5.88. The fourth-order valence-corrected chi connectivity index (χ4v) is 3.80. The first-order valence-corrected chi connectivity index (χ1v) is 8.48. The molecule has 1 heterocycles. The number of amides is 2. The van der Waals surface area contributed by atoms with E-state index in [-0.39, 0.29) is 42.4 Å². The van der Waals surface area contributed by atoms with Crippen molar-refractivity contribution in [2.75, 3.05) is 6.54 Å². The first-order chi connectivity index (χ1) is 11.1. The molecule has 2 amide bonds. The Balaban J connectivity index is 1.76. The fourth-order valence-electron chi connectivity index (χ4n) is 3.80.